The SMILES string of the molecule is CCOc1cccc(C=CC(=O)O)c1OCCOC(C)C. The molecule has 0 unspecified atom stereocenters. The van der Waals surface area contributed by atoms with Gasteiger partial charge in [0.1, 0.15) is 6.61 Å². The van der Waals surface area contributed by atoms with Crippen molar-refractivity contribution in [2.75, 3.05) is 19.8 Å². The van der Waals surface area contributed by atoms with Crippen molar-refractivity contribution in [1.29, 1.82) is 0 Å². The van der Waals surface area contributed by atoms with Crippen molar-refractivity contribution in [3.8, 4) is 11.5 Å². The molecule has 0 aliphatic rings. The van der Waals surface area contributed by atoms with Gasteiger partial charge in [-0.3, -0.25) is 0 Å². The second kappa shape index (κ2) is 9.02. The van der Waals surface area contributed by atoms with E-state index < -0.39 is 5.97 Å². The Morgan fingerprint density at radius 1 is 1.29 bits per heavy atom. The number of carbonyl (C=O) groups is 1. The fourth-order valence-corrected chi connectivity index (χ4v) is 1.68. The van der Waals surface area contributed by atoms with Crippen LogP contribution in [0.5, 0.6) is 11.5 Å². The monoisotopic (exact) mass is 294 g/mol. The molecule has 0 saturated heterocycles. The predicted molar refractivity (Wildman–Crippen MR) is 80.9 cm³/mol. The van der Waals surface area contributed by atoms with Gasteiger partial charge in [-0.2, -0.15) is 0 Å². The van der Waals surface area contributed by atoms with Crippen LogP contribution in [0.1, 0.15) is 26.3 Å². The van der Waals surface area contributed by atoms with E-state index in [-0.39, 0.29) is 6.10 Å². The summed E-state index contributed by atoms with van der Waals surface area (Å²) in [5, 5.41) is 8.73. The molecule has 0 atom stereocenters. The summed E-state index contributed by atoms with van der Waals surface area (Å²) < 4.78 is 16.6. The average Bonchev–Trinajstić information content (AvgIpc) is 2.43. The number of carboxylic acid groups (broad SMARTS) is 1. The average molecular weight is 294 g/mol. The highest BCUT2D eigenvalue weighted by molar-refractivity contribution is 5.86. The van der Waals surface area contributed by atoms with Gasteiger partial charge in [0.05, 0.1) is 19.3 Å². The summed E-state index contributed by atoms with van der Waals surface area (Å²) in [4.78, 5) is 10.7. The Bertz CT molecular complexity index is 480. The molecule has 0 aromatic heterocycles. The van der Waals surface area contributed by atoms with Crippen molar-refractivity contribution >= 4 is 12.0 Å². The maximum Gasteiger partial charge on any atom is 0.328 e. The molecule has 21 heavy (non-hydrogen) atoms. The Morgan fingerprint density at radius 3 is 2.67 bits per heavy atom. The van der Waals surface area contributed by atoms with Gasteiger partial charge in [0.25, 0.3) is 0 Å². The van der Waals surface area contributed by atoms with Crippen LogP contribution in [0.2, 0.25) is 0 Å². The van der Waals surface area contributed by atoms with Gasteiger partial charge in [0.15, 0.2) is 11.5 Å². The quantitative estimate of drug-likeness (QED) is 0.560. The number of benzene rings is 1. The lowest BCUT2D eigenvalue weighted by molar-refractivity contribution is -0.131. The standard InChI is InChI=1S/C16H22O5/c1-4-19-14-7-5-6-13(8-9-15(17)18)16(14)21-11-10-20-12(2)3/h5-9,12H,4,10-11H2,1-3H3,(H,17,18). The fourth-order valence-electron chi connectivity index (χ4n) is 1.68. The van der Waals surface area contributed by atoms with Gasteiger partial charge < -0.3 is 19.3 Å². The molecule has 116 valence electrons. The Labute approximate surface area is 125 Å². The zero-order chi connectivity index (χ0) is 15.7. The first-order chi connectivity index (χ1) is 10.0. The van der Waals surface area contributed by atoms with Gasteiger partial charge in [-0.05, 0) is 32.9 Å². The first-order valence-electron chi connectivity index (χ1n) is 6.95. The molecular formula is C16H22O5. The molecule has 0 heterocycles. The first-order valence-corrected chi connectivity index (χ1v) is 6.95. The highest BCUT2D eigenvalue weighted by Crippen LogP contribution is 2.32. The summed E-state index contributed by atoms with van der Waals surface area (Å²) >= 11 is 0. The maximum absolute atomic E-state index is 10.7. The molecule has 0 aliphatic heterocycles. The van der Waals surface area contributed by atoms with E-state index in [1.54, 1.807) is 18.2 Å². The van der Waals surface area contributed by atoms with Crippen molar-refractivity contribution in [1.82, 2.24) is 0 Å². The number of ether oxygens (including phenoxy) is 3. The molecular weight excluding hydrogens is 272 g/mol. The van der Waals surface area contributed by atoms with Crippen molar-refractivity contribution in [3.63, 3.8) is 0 Å². The molecule has 0 spiro atoms. The molecule has 0 aliphatic carbocycles. The highest BCUT2D eigenvalue weighted by Gasteiger charge is 2.09. The number of aliphatic carboxylic acids is 1. The molecule has 0 radical (unpaired) electrons. The minimum Gasteiger partial charge on any atom is -0.490 e. The molecule has 1 N–H and O–H groups in total. The smallest absolute Gasteiger partial charge is 0.328 e. The van der Waals surface area contributed by atoms with Crippen LogP contribution < -0.4 is 9.47 Å². The molecule has 0 amide bonds. The van der Waals surface area contributed by atoms with Gasteiger partial charge in [0.2, 0.25) is 0 Å². The lowest BCUT2D eigenvalue weighted by atomic mass is 10.1. The number of hydrogen-bond acceptors (Lipinski definition) is 4. The lowest BCUT2D eigenvalue weighted by Crippen LogP contribution is -2.12. The molecule has 1 aromatic rings. The minimum absolute atomic E-state index is 0.141. The second-order valence-electron chi connectivity index (χ2n) is 4.55. The summed E-state index contributed by atoms with van der Waals surface area (Å²) in [5.74, 6) is 0.115. The molecule has 0 saturated carbocycles. The molecule has 5 heteroatoms. The van der Waals surface area contributed by atoms with Crippen LogP contribution in [0.3, 0.4) is 0 Å². The zero-order valence-electron chi connectivity index (χ0n) is 12.7. The predicted octanol–water partition coefficient (Wildman–Crippen LogP) is 2.99. The van der Waals surface area contributed by atoms with Crippen LogP contribution in [0.4, 0.5) is 0 Å². The third-order valence-corrected chi connectivity index (χ3v) is 2.50. The largest absolute Gasteiger partial charge is 0.490 e. The second-order valence-corrected chi connectivity index (χ2v) is 4.55. The Balaban J connectivity index is 2.86. The van der Waals surface area contributed by atoms with Crippen molar-refractivity contribution in [2.45, 2.75) is 26.9 Å². The van der Waals surface area contributed by atoms with Crippen LogP contribution >= 0.6 is 0 Å². The van der Waals surface area contributed by atoms with Crippen molar-refractivity contribution in [3.05, 3.63) is 29.8 Å². The fraction of sp³-hybridized carbons (Fsp3) is 0.438. The van der Waals surface area contributed by atoms with E-state index in [9.17, 15) is 4.79 Å². The summed E-state index contributed by atoms with van der Waals surface area (Å²) in [7, 11) is 0. The van der Waals surface area contributed by atoms with Crippen LogP contribution in [0, 0.1) is 0 Å². The number of rotatable bonds is 9. The van der Waals surface area contributed by atoms with Crippen LogP contribution in [-0.4, -0.2) is 37.0 Å². The van der Waals surface area contributed by atoms with Gasteiger partial charge >= 0.3 is 5.97 Å². The Morgan fingerprint density at radius 2 is 2.05 bits per heavy atom. The van der Waals surface area contributed by atoms with Gasteiger partial charge in [0, 0.05) is 11.6 Å². The summed E-state index contributed by atoms with van der Waals surface area (Å²) in [6.07, 6.45) is 2.70. The molecule has 1 rings (SSSR count). The minimum atomic E-state index is -1.01. The van der Waals surface area contributed by atoms with Crippen LogP contribution in [0.25, 0.3) is 6.08 Å². The highest BCUT2D eigenvalue weighted by atomic mass is 16.5. The van der Waals surface area contributed by atoms with E-state index >= 15 is 0 Å². The molecule has 0 fully saturated rings. The number of para-hydroxylation sites is 1. The third-order valence-electron chi connectivity index (χ3n) is 2.50. The zero-order valence-corrected chi connectivity index (χ0v) is 12.7. The maximum atomic E-state index is 10.7. The number of hydrogen-bond donors (Lipinski definition) is 1. The Kier molecular flexibility index (Phi) is 7.32. The Hall–Kier alpha value is -2.01. The normalized spacial score (nSPS) is 11.0. The van der Waals surface area contributed by atoms with E-state index in [1.165, 1.54) is 6.08 Å². The van der Waals surface area contributed by atoms with Gasteiger partial charge in [-0.25, -0.2) is 4.79 Å². The summed E-state index contributed by atoms with van der Waals surface area (Å²) in [5.41, 5.74) is 0.660. The van der Waals surface area contributed by atoms with Crippen molar-refractivity contribution in [2.24, 2.45) is 0 Å². The third kappa shape index (κ3) is 6.31. The number of carboxylic acids is 1. The van der Waals surface area contributed by atoms with Crippen LogP contribution in [-0.2, 0) is 9.53 Å². The first kappa shape index (κ1) is 17.0. The van der Waals surface area contributed by atoms with E-state index in [0.29, 0.717) is 36.9 Å². The van der Waals surface area contributed by atoms with Crippen LogP contribution in [0.15, 0.2) is 24.3 Å². The van der Waals surface area contributed by atoms with Gasteiger partial charge in [-0.1, -0.05) is 12.1 Å². The lowest BCUT2D eigenvalue weighted by Gasteiger charge is -2.15. The van der Waals surface area contributed by atoms with E-state index in [1.807, 2.05) is 20.8 Å². The topological polar surface area (TPSA) is 65.0 Å². The summed E-state index contributed by atoms with van der Waals surface area (Å²) in [6.45, 7) is 7.12. The van der Waals surface area contributed by atoms with E-state index in [4.69, 9.17) is 19.3 Å². The molecule has 0 bridgehead atoms. The summed E-state index contributed by atoms with van der Waals surface area (Å²) in [6, 6.07) is 5.37. The molecule has 1 aromatic carbocycles. The van der Waals surface area contributed by atoms with E-state index in [2.05, 4.69) is 0 Å². The van der Waals surface area contributed by atoms with Gasteiger partial charge in [-0.15, -0.1) is 0 Å². The van der Waals surface area contributed by atoms with E-state index in [0.717, 1.165) is 6.08 Å². The van der Waals surface area contributed by atoms with Crippen molar-refractivity contribution < 1.29 is 24.1 Å². The molecule has 5 nitrogen and oxygen atoms in total.